The third-order valence-electron chi connectivity index (χ3n) is 4.62. The van der Waals surface area contributed by atoms with Crippen LogP contribution in [0.4, 0.5) is 45.2 Å². The Bertz CT molecular complexity index is 1280. The molecule has 1 aromatic heterocycles. The number of hydrogen-bond acceptors (Lipinski definition) is 3. The third kappa shape index (κ3) is 5.13. The van der Waals surface area contributed by atoms with Crippen molar-refractivity contribution in [3.05, 3.63) is 80.2 Å². The van der Waals surface area contributed by atoms with Crippen molar-refractivity contribution in [2.24, 2.45) is 0 Å². The molecular formula is C20H11ClF9N3O. The highest BCUT2D eigenvalue weighted by Gasteiger charge is 2.41. The van der Waals surface area contributed by atoms with Crippen LogP contribution in [0.3, 0.4) is 0 Å². The summed E-state index contributed by atoms with van der Waals surface area (Å²) in [4.78, 5) is 15.9. The lowest BCUT2D eigenvalue weighted by molar-refractivity contribution is -0.142. The van der Waals surface area contributed by atoms with E-state index in [1.54, 1.807) is 0 Å². The van der Waals surface area contributed by atoms with Gasteiger partial charge in [-0.25, -0.2) is 4.98 Å². The number of aromatic nitrogens is 2. The van der Waals surface area contributed by atoms with Gasteiger partial charge in [-0.3, -0.25) is 9.36 Å². The number of halogens is 10. The number of rotatable bonds is 3. The molecule has 0 saturated heterocycles. The maximum atomic E-state index is 13.7. The average molecular weight is 516 g/mol. The zero-order valence-corrected chi connectivity index (χ0v) is 17.2. The molecule has 3 rings (SSSR count). The van der Waals surface area contributed by atoms with Crippen LogP contribution < -0.4 is 11.3 Å². The van der Waals surface area contributed by atoms with Crippen molar-refractivity contribution in [3.63, 3.8) is 0 Å². The van der Waals surface area contributed by atoms with Gasteiger partial charge in [-0.1, -0.05) is 29.8 Å². The molecule has 182 valence electrons. The predicted octanol–water partition coefficient (Wildman–Crippen LogP) is 6.25. The fraction of sp³-hybridized carbons (Fsp3) is 0.200. The first-order valence-corrected chi connectivity index (χ1v) is 9.38. The van der Waals surface area contributed by atoms with Crippen molar-refractivity contribution in [3.8, 4) is 11.4 Å². The summed E-state index contributed by atoms with van der Waals surface area (Å²) in [6, 6.07) is 5.66. The van der Waals surface area contributed by atoms with E-state index in [2.05, 4.69) is 4.98 Å². The summed E-state index contributed by atoms with van der Waals surface area (Å²) in [7, 11) is 0. The van der Waals surface area contributed by atoms with E-state index in [-0.39, 0.29) is 22.7 Å². The standard InChI is InChI=1S/C20H11ClF9N3O/c21-11-4-1-9(2-5-11)8-33-16(32-15(20(28,29)30)14(31)17(33)34)12-6-3-10(18(22,23)24)7-13(12)19(25,26)27/h1-7H,8,31H2. The Labute approximate surface area is 189 Å². The molecule has 3 aromatic rings. The maximum absolute atomic E-state index is 13.7. The molecule has 0 spiro atoms. The first-order valence-electron chi connectivity index (χ1n) is 9.01. The van der Waals surface area contributed by atoms with Crippen LogP contribution in [0.5, 0.6) is 0 Å². The fourth-order valence-electron chi connectivity index (χ4n) is 3.06. The molecule has 0 aliphatic rings. The summed E-state index contributed by atoms with van der Waals surface area (Å²) in [5.41, 5.74) is -4.16. The molecule has 4 nitrogen and oxygen atoms in total. The van der Waals surface area contributed by atoms with Gasteiger partial charge in [0.2, 0.25) is 0 Å². The third-order valence-corrected chi connectivity index (χ3v) is 4.87. The monoisotopic (exact) mass is 515 g/mol. The van der Waals surface area contributed by atoms with Gasteiger partial charge < -0.3 is 5.73 Å². The van der Waals surface area contributed by atoms with Gasteiger partial charge in [0.25, 0.3) is 5.56 Å². The first kappa shape index (κ1) is 25.4. The SMILES string of the molecule is Nc1c(C(F)(F)F)nc(-c2ccc(C(F)(F)F)cc2C(F)(F)F)n(Cc2ccc(Cl)cc2)c1=O. The lowest BCUT2D eigenvalue weighted by Gasteiger charge is -2.20. The Morgan fingerprint density at radius 2 is 1.44 bits per heavy atom. The molecule has 0 amide bonds. The number of hydrogen-bond donors (Lipinski definition) is 1. The number of nitrogens with zero attached hydrogens (tertiary/aromatic N) is 2. The Kier molecular flexibility index (Phi) is 6.37. The number of nitrogens with two attached hydrogens (primary N) is 1. The molecule has 0 fully saturated rings. The van der Waals surface area contributed by atoms with Crippen molar-refractivity contribution in [1.82, 2.24) is 9.55 Å². The predicted molar refractivity (Wildman–Crippen MR) is 104 cm³/mol. The van der Waals surface area contributed by atoms with Crippen molar-refractivity contribution in [1.29, 1.82) is 0 Å². The van der Waals surface area contributed by atoms with Gasteiger partial charge in [0.15, 0.2) is 5.69 Å². The highest BCUT2D eigenvalue weighted by molar-refractivity contribution is 6.30. The lowest BCUT2D eigenvalue weighted by atomic mass is 10.0. The Morgan fingerprint density at radius 3 is 1.94 bits per heavy atom. The molecule has 0 aliphatic carbocycles. The minimum absolute atomic E-state index is 0.217. The van der Waals surface area contributed by atoms with Crippen molar-refractivity contribution in [2.75, 3.05) is 5.73 Å². The molecule has 0 radical (unpaired) electrons. The van der Waals surface area contributed by atoms with E-state index in [0.29, 0.717) is 10.6 Å². The van der Waals surface area contributed by atoms with Crippen LogP contribution in [0.25, 0.3) is 11.4 Å². The fourth-order valence-corrected chi connectivity index (χ4v) is 3.19. The number of alkyl halides is 9. The highest BCUT2D eigenvalue weighted by Crippen LogP contribution is 2.41. The van der Waals surface area contributed by atoms with Crippen molar-refractivity contribution < 1.29 is 39.5 Å². The van der Waals surface area contributed by atoms with E-state index in [0.717, 1.165) is 0 Å². The summed E-state index contributed by atoms with van der Waals surface area (Å²) in [6.07, 6.45) is -15.9. The second-order valence-electron chi connectivity index (χ2n) is 6.97. The summed E-state index contributed by atoms with van der Waals surface area (Å²) in [5, 5.41) is 0.253. The molecule has 14 heteroatoms. The molecule has 0 unspecified atom stereocenters. The zero-order chi connectivity index (χ0) is 25.6. The minimum atomic E-state index is -5.43. The molecule has 0 aliphatic heterocycles. The second kappa shape index (κ2) is 8.53. The van der Waals surface area contributed by atoms with E-state index in [4.69, 9.17) is 17.3 Å². The van der Waals surface area contributed by atoms with E-state index in [9.17, 15) is 44.3 Å². The van der Waals surface area contributed by atoms with Gasteiger partial charge in [-0.2, -0.15) is 39.5 Å². The summed E-state index contributed by atoms with van der Waals surface area (Å²) >= 11 is 5.75. The molecule has 0 saturated carbocycles. The van der Waals surface area contributed by atoms with Gasteiger partial charge in [0.05, 0.1) is 17.7 Å². The molecule has 0 atom stereocenters. The maximum Gasteiger partial charge on any atom is 0.435 e. The molecule has 2 N–H and O–H groups in total. The van der Waals surface area contributed by atoms with E-state index in [1.807, 2.05) is 0 Å². The lowest BCUT2D eigenvalue weighted by Crippen LogP contribution is -2.31. The molecule has 0 bridgehead atoms. The number of nitrogen functional groups attached to an aromatic ring is 1. The van der Waals surface area contributed by atoms with Gasteiger partial charge >= 0.3 is 18.5 Å². The molecule has 2 aromatic carbocycles. The average Bonchev–Trinajstić information content (AvgIpc) is 2.70. The van der Waals surface area contributed by atoms with Crippen molar-refractivity contribution >= 4 is 17.3 Å². The van der Waals surface area contributed by atoms with Crippen molar-refractivity contribution in [2.45, 2.75) is 25.1 Å². The second-order valence-corrected chi connectivity index (χ2v) is 7.41. The number of anilines is 1. The van der Waals surface area contributed by atoms with E-state index in [1.165, 1.54) is 24.3 Å². The van der Waals surface area contributed by atoms with Crippen LogP contribution in [-0.4, -0.2) is 9.55 Å². The van der Waals surface area contributed by atoms with Crippen LogP contribution in [0.2, 0.25) is 5.02 Å². The Morgan fingerprint density at radius 1 is 0.853 bits per heavy atom. The van der Waals surface area contributed by atoms with Gasteiger partial charge in [0, 0.05) is 10.6 Å². The summed E-state index contributed by atoms with van der Waals surface area (Å²) < 4.78 is 121. The van der Waals surface area contributed by atoms with Gasteiger partial charge in [-0.15, -0.1) is 0 Å². The largest absolute Gasteiger partial charge is 0.435 e. The van der Waals surface area contributed by atoms with Gasteiger partial charge in [-0.05, 0) is 29.8 Å². The van der Waals surface area contributed by atoms with Crippen LogP contribution in [0.1, 0.15) is 22.4 Å². The Balaban J connectivity index is 2.39. The quantitative estimate of drug-likeness (QED) is 0.419. The Hall–Kier alpha value is -3.22. The van der Waals surface area contributed by atoms with E-state index >= 15 is 0 Å². The molecular weight excluding hydrogens is 505 g/mol. The molecule has 1 heterocycles. The zero-order valence-electron chi connectivity index (χ0n) is 16.4. The molecule has 34 heavy (non-hydrogen) atoms. The highest BCUT2D eigenvalue weighted by atomic mass is 35.5. The summed E-state index contributed by atoms with van der Waals surface area (Å²) in [6.45, 7) is -0.598. The first-order chi connectivity index (χ1) is 15.5. The van der Waals surface area contributed by atoms with Crippen LogP contribution >= 0.6 is 11.6 Å². The van der Waals surface area contributed by atoms with Crippen LogP contribution in [0, 0.1) is 0 Å². The normalized spacial score (nSPS) is 12.8. The van der Waals surface area contributed by atoms with Crippen LogP contribution in [-0.2, 0) is 25.1 Å². The summed E-state index contributed by atoms with van der Waals surface area (Å²) in [5.74, 6) is -1.16. The van der Waals surface area contributed by atoms with E-state index < -0.39 is 64.5 Å². The topological polar surface area (TPSA) is 60.9 Å². The minimum Gasteiger partial charge on any atom is -0.392 e. The van der Waals surface area contributed by atoms with Crippen LogP contribution in [0.15, 0.2) is 47.3 Å². The smallest absolute Gasteiger partial charge is 0.392 e. The number of benzene rings is 2. The van der Waals surface area contributed by atoms with Gasteiger partial charge in [0.1, 0.15) is 11.5 Å².